The van der Waals surface area contributed by atoms with Gasteiger partial charge in [0.15, 0.2) is 5.78 Å². The summed E-state index contributed by atoms with van der Waals surface area (Å²) >= 11 is 0. The highest BCUT2D eigenvalue weighted by Gasteiger charge is 2.40. The first-order chi connectivity index (χ1) is 6.97. The van der Waals surface area contributed by atoms with E-state index < -0.39 is 5.41 Å². The molecule has 1 aromatic rings. The van der Waals surface area contributed by atoms with E-state index in [2.05, 4.69) is 6.58 Å². The summed E-state index contributed by atoms with van der Waals surface area (Å²) in [6, 6.07) is 3.02. The smallest absolute Gasteiger partial charge is 0.169 e. The largest absolute Gasteiger partial charge is 0.294 e. The Hall–Kier alpha value is -1.44. The maximum atomic E-state index is 13.5. The molecular formula is C13H13FO. The summed E-state index contributed by atoms with van der Waals surface area (Å²) in [5.74, 6) is -0.263. The predicted molar refractivity (Wildman–Crippen MR) is 58.3 cm³/mol. The summed E-state index contributed by atoms with van der Waals surface area (Å²) in [5, 5.41) is 0. The highest BCUT2D eigenvalue weighted by Crippen LogP contribution is 2.39. The van der Waals surface area contributed by atoms with Crippen molar-refractivity contribution in [3.05, 3.63) is 41.2 Å². The standard InChI is InChI=1S/C13H13FO/c1-4-8-5-6-10(14)9-7-13(2,3)12(15)11(8)9/h4-6H,1,7H2,2-3H3. The Bertz CT molecular complexity index is 458. The van der Waals surface area contributed by atoms with Crippen molar-refractivity contribution in [1.29, 1.82) is 0 Å². The van der Waals surface area contributed by atoms with Gasteiger partial charge in [-0.3, -0.25) is 4.79 Å². The van der Waals surface area contributed by atoms with E-state index in [-0.39, 0.29) is 11.6 Å². The fraction of sp³-hybridized carbons (Fsp3) is 0.308. The van der Waals surface area contributed by atoms with Crippen molar-refractivity contribution < 1.29 is 9.18 Å². The summed E-state index contributed by atoms with van der Waals surface area (Å²) in [4.78, 5) is 12.0. The van der Waals surface area contributed by atoms with Gasteiger partial charge in [-0.25, -0.2) is 4.39 Å². The van der Waals surface area contributed by atoms with Gasteiger partial charge in [0.25, 0.3) is 0 Å². The van der Waals surface area contributed by atoms with Gasteiger partial charge in [0.05, 0.1) is 0 Å². The lowest BCUT2D eigenvalue weighted by molar-refractivity contribution is 0.0863. The Balaban J connectivity index is 2.73. The van der Waals surface area contributed by atoms with E-state index in [1.54, 1.807) is 12.1 Å². The molecule has 0 saturated heterocycles. The van der Waals surface area contributed by atoms with Gasteiger partial charge in [-0.1, -0.05) is 32.6 Å². The number of carbonyl (C=O) groups excluding carboxylic acids is 1. The molecule has 1 aromatic carbocycles. The summed E-state index contributed by atoms with van der Waals surface area (Å²) in [6.45, 7) is 7.34. The lowest BCUT2D eigenvalue weighted by Crippen LogP contribution is -2.19. The molecule has 0 saturated carbocycles. The molecule has 1 aliphatic carbocycles. The minimum Gasteiger partial charge on any atom is -0.294 e. The summed E-state index contributed by atoms with van der Waals surface area (Å²) < 4.78 is 13.5. The molecule has 2 rings (SSSR count). The highest BCUT2D eigenvalue weighted by atomic mass is 19.1. The van der Waals surface area contributed by atoms with E-state index in [0.29, 0.717) is 17.5 Å². The Morgan fingerprint density at radius 2 is 2.13 bits per heavy atom. The molecule has 0 fully saturated rings. The Labute approximate surface area is 88.6 Å². The Morgan fingerprint density at radius 1 is 1.47 bits per heavy atom. The van der Waals surface area contributed by atoms with Crippen molar-refractivity contribution in [1.82, 2.24) is 0 Å². The van der Waals surface area contributed by atoms with E-state index >= 15 is 0 Å². The molecule has 78 valence electrons. The van der Waals surface area contributed by atoms with Gasteiger partial charge in [-0.05, 0) is 18.1 Å². The lowest BCUT2D eigenvalue weighted by atomic mass is 9.88. The van der Waals surface area contributed by atoms with Crippen LogP contribution in [-0.4, -0.2) is 5.78 Å². The van der Waals surface area contributed by atoms with Crippen molar-refractivity contribution in [2.24, 2.45) is 5.41 Å². The molecule has 2 heteroatoms. The van der Waals surface area contributed by atoms with E-state index in [9.17, 15) is 9.18 Å². The Kier molecular flexibility index (Phi) is 2.03. The molecule has 1 aliphatic rings. The first-order valence-corrected chi connectivity index (χ1v) is 4.96. The maximum Gasteiger partial charge on any atom is 0.169 e. The second-order valence-electron chi connectivity index (χ2n) is 4.58. The van der Waals surface area contributed by atoms with Crippen LogP contribution in [0.3, 0.4) is 0 Å². The normalized spacial score (nSPS) is 17.7. The van der Waals surface area contributed by atoms with Crippen LogP contribution in [0.4, 0.5) is 4.39 Å². The first-order valence-electron chi connectivity index (χ1n) is 4.96. The van der Waals surface area contributed by atoms with Crippen molar-refractivity contribution in [2.75, 3.05) is 0 Å². The molecular weight excluding hydrogens is 191 g/mol. The lowest BCUT2D eigenvalue weighted by Gasteiger charge is -2.13. The molecule has 0 unspecified atom stereocenters. The molecule has 0 radical (unpaired) electrons. The summed E-state index contributed by atoms with van der Waals surface area (Å²) in [5.41, 5.74) is 1.32. The van der Waals surface area contributed by atoms with E-state index in [0.717, 1.165) is 5.56 Å². The number of fused-ring (bicyclic) bond motifs is 1. The third-order valence-electron chi connectivity index (χ3n) is 2.97. The summed E-state index contributed by atoms with van der Waals surface area (Å²) in [6.07, 6.45) is 2.09. The molecule has 0 bridgehead atoms. The van der Waals surface area contributed by atoms with Gasteiger partial charge in [0, 0.05) is 16.5 Å². The van der Waals surface area contributed by atoms with Gasteiger partial charge < -0.3 is 0 Å². The van der Waals surface area contributed by atoms with Crippen LogP contribution in [0.1, 0.15) is 35.3 Å². The molecule has 15 heavy (non-hydrogen) atoms. The van der Waals surface area contributed by atoms with Crippen LogP contribution < -0.4 is 0 Å². The molecule has 0 atom stereocenters. The fourth-order valence-corrected chi connectivity index (χ4v) is 2.11. The third-order valence-corrected chi connectivity index (χ3v) is 2.97. The predicted octanol–water partition coefficient (Wildman–Crippen LogP) is 3.23. The number of hydrogen-bond donors (Lipinski definition) is 0. The van der Waals surface area contributed by atoms with E-state index in [4.69, 9.17) is 0 Å². The van der Waals surface area contributed by atoms with E-state index in [1.165, 1.54) is 6.07 Å². The number of carbonyl (C=O) groups is 1. The fourth-order valence-electron chi connectivity index (χ4n) is 2.11. The number of Topliss-reactive ketones (excluding diaryl/α,β-unsaturated/α-hetero) is 1. The van der Waals surface area contributed by atoms with Gasteiger partial charge >= 0.3 is 0 Å². The Morgan fingerprint density at radius 3 is 2.73 bits per heavy atom. The average Bonchev–Trinajstić information content (AvgIpc) is 2.42. The molecule has 0 spiro atoms. The second-order valence-corrected chi connectivity index (χ2v) is 4.58. The van der Waals surface area contributed by atoms with Crippen molar-refractivity contribution in [3.63, 3.8) is 0 Å². The molecule has 0 N–H and O–H groups in total. The molecule has 0 amide bonds. The minimum absolute atomic E-state index is 0.0203. The monoisotopic (exact) mass is 204 g/mol. The van der Waals surface area contributed by atoms with Gasteiger partial charge in [0.1, 0.15) is 5.82 Å². The average molecular weight is 204 g/mol. The zero-order valence-corrected chi connectivity index (χ0v) is 8.93. The van der Waals surface area contributed by atoms with Crippen LogP contribution in [-0.2, 0) is 6.42 Å². The van der Waals surface area contributed by atoms with Crippen LogP contribution >= 0.6 is 0 Å². The van der Waals surface area contributed by atoms with Gasteiger partial charge in [0.2, 0.25) is 0 Å². The highest BCUT2D eigenvalue weighted by molar-refractivity contribution is 6.07. The molecule has 0 aliphatic heterocycles. The minimum atomic E-state index is -0.484. The molecule has 0 heterocycles. The van der Waals surface area contributed by atoms with Crippen LogP contribution in [0.5, 0.6) is 0 Å². The van der Waals surface area contributed by atoms with Crippen molar-refractivity contribution in [3.8, 4) is 0 Å². The van der Waals surface area contributed by atoms with Gasteiger partial charge in [-0.2, -0.15) is 0 Å². The van der Waals surface area contributed by atoms with Gasteiger partial charge in [-0.15, -0.1) is 0 Å². The quantitative estimate of drug-likeness (QED) is 0.686. The number of rotatable bonds is 1. The van der Waals surface area contributed by atoms with Crippen molar-refractivity contribution in [2.45, 2.75) is 20.3 Å². The van der Waals surface area contributed by atoms with Crippen LogP contribution in [0.25, 0.3) is 6.08 Å². The number of hydrogen-bond acceptors (Lipinski definition) is 1. The molecule has 0 aromatic heterocycles. The van der Waals surface area contributed by atoms with Crippen LogP contribution in [0, 0.1) is 11.2 Å². The zero-order valence-electron chi connectivity index (χ0n) is 8.93. The van der Waals surface area contributed by atoms with Crippen LogP contribution in [0.15, 0.2) is 18.7 Å². The topological polar surface area (TPSA) is 17.1 Å². The molecule has 1 nitrogen and oxygen atoms in total. The number of halogens is 1. The first kappa shape index (κ1) is 10.1. The number of ketones is 1. The van der Waals surface area contributed by atoms with Crippen LogP contribution in [0.2, 0.25) is 0 Å². The van der Waals surface area contributed by atoms with Crippen molar-refractivity contribution >= 4 is 11.9 Å². The summed E-state index contributed by atoms with van der Waals surface area (Å²) in [7, 11) is 0. The number of benzene rings is 1. The van der Waals surface area contributed by atoms with E-state index in [1.807, 2.05) is 13.8 Å². The maximum absolute atomic E-state index is 13.5. The zero-order chi connectivity index (χ0) is 11.2. The SMILES string of the molecule is C=Cc1ccc(F)c2c1C(=O)C(C)(C)C2. The second kappa shape index (κ2) is 3.02. The third kappa shape index (κ3) is 1.32.